The van der Waals surface area contributed by atoms with E-state index in [4.69, 9.17) is 0 Å². The zero-order valence-corrected chi connectivity index (χ0v) is 14.3. The predicted molar refractivity (Wildman–Crippen MR) is 83.0 cm³/mol. The Morgan fingerprint density at radius 1 is 0.962 bits per heavy atom. The highest BCUT2D eigenvalue weighted by Crippen LogP contribution is 2.59. The quantitative estimate of drug-likeness (QED) is 0.422. The van der Waals surface area contributed by atoms with E-state index in [1.165, 1.54) is 0 Å². The van der Waals surface area contributed by atoms with Crippen LogP contribution in [0.5, 0.6) is 0 Å². The standard InChI is InChI=1S/C19H21F7/c1-2-3-9-4-13(20)11-8-12(19(25,26)17(11)14(21)5-9)10-6-15(22)18(24)16(23)7-10/h6-7,9,11-14,17H,2-5,8H2,1H3. The van der Waals surface area contributed by atoms with Gasteiger partial charge in [0, 0.05) is 11.8 Å². The maximum absolute atomic E-state index is 15.0. The van der Waals surface area contributed by atoms with Gasteiger partial charge < -0.3 is 0 Å². The van der Waals surface area contributed by atoms with Crippen molar-refractivity contribution in [2.75, 3.05) is 0 Å². The van der Waals surface area contributed by atoms with E-state index in [0.717, 1.165) is 0 Å². The van der Waals surface area contributed by atoms with Crippen molar-refractivity contribution in [3.63, 3.8) is 0 Å². The summed E-state index contributed by atoms with van der Waals surface area (Å²) in [5.74, 6) is -13.7. The molecule has 0 aliphatic heterocycles. The molecule has 0 aromatic heterocycles. The van der Waals surface area contributed by atoms with Crippen molar-refractivity contribution in [3.8, 4) is 0 Å². The van der Waals surface area contributed by atoms with Gasteiger partial charge in [-0.05, 0) is 42.9 Å². The summed E-state index contributed by atoms with van der Waals surface area (Å²) in [6.45, 7) is 1.87. The molecule has 2 aliphatic rings. The van der Waals surface area contributed by atoms with Gasteiger partial charge in [-0.3, -0.25) is 0 Å². The van der Waals surface area contributed by atoms with E-state index in [1.54, 1.807) is 0 Å². The van der Waals surface area contributed by atoms with Crippen LogP contribution in [0.3, 0.4) is 0 Å². The summed E-state index contributed by atoms with van der Waals surface area (Å²) in [4.78, 5) is 0. The molecule has 1 aromatic carbocycles. The second-order valence-corrected chi connectivity index (χ2v) is 7.61. The summed E-state index contributed by atoms with van der Waals surface area (Å²) >= 11 is 0. The molecule has 2 saturated carbocycles. The van der Waals surface area contributed by atoms with Gasteiger partial charge in [0.1, 0.15) is 12.3 Å². The molecule has 0 saturated heterocycles. The van der Waals surface area contributed by atoms with Crippen LogP contribution in [0.25, 0.3) is 0 Å². The van der Waals surface area contributed by atoms with E-state index in [9.17, 15) is 30.7 Å². The van der Waals surface area contributed by atoms with E-state index in [1.807, 2.05) is 6.92 Å². The molecule has 6 atom stereocenters. The molecule has 0 amide bonds. The first-order chi connectivity index (χ1) is 12.2. The van der Waals surface area contributed by atoms with Crippen LogP contribution in [0.15, 0.2) is 12.1 Å². The summed E-state index contributed by atoms with van der Waals surface area (Å²) < 4.78 is 99.4. The Labute approximate surface area is 147 Å². The lowest BCUT2D eigenvalue weighted by Crippen LogP contribution is -2.38. The largest absolute Gasteiger partial charge is 0.260 e. The average Bonchev–Trinajstić information content (AvgIpc) is 2.76. The number of rotatable bonds is 3. The summed E-state index contributed by atoms with van der Waals surface area (Å²) in [7, 11) is 0. The SMILES string of the molecule is CCCC1CC(F)C2CC(c3cc(F)c(F)c(F)c3)C(F)(F)C2C(F)C1. The van der Waals surface area contributed by atoms with Crippen LogP contribution in [0.1, 0.15) is 50.5 Å². The van der Waals surface area contributed by atoms with Gasteiger partial charge in [-0.1, -0.05) is 19.8 Å². The highest BCUT2D eigenvalue weighted by molar-refractivity contribution is 5.28. The van der Waals surface area contributed by atoms with Crippen molar-refractivity contribution in [1.29, 1.82) is 0 Å². The molecule has 3 rings (SSSR count). The zero-order chi connectivity index (χ0) is 19.2. The molecule has 2 fully saturated rings. The molecule has 1 aromatic rings. The van der Waals surface area contributed by atoms with Crippen LogP contribution in [0.4, 0.5) is 30.7 Å². The summed E-state index contributed by atoms with van der Waals surface area (Å²) in [6.07, 6.45) is -2.72. The van der Waals surface area contributed by atoms with E-state index in [0.29, 0.717) is 25.0 Å². The molecule has 0 bridgehead atoms. The topological polar surface area (TPSA) is 0 Å². The summed E-state index contributed by atoms with van der Waals surface area (Å²) in [6, 6.07) is 1.01. The Balaban J connectivity index is 1.94. The van der Waals surface area contributed by atoms with E-state index in [2.05, 4.69) is 0 Å². The van der Waals surface area contributed by atoms with Crippen LogP contribution in [-0.2, 0) is 0 Å². The van der Waals surface area contributed by atoms with Gasteiger partial charge in [0.25, 0.3) is 5.92 Å². The number of hydrogen-bond acceptors (Lipinski definition) is 0. The number of alkyl halides is 4. The molecule has 26 heavy (non-hydrogen) atoms. The third-order valence-corrected chi connectivity index (χ3v) is 5.95. The van der Waals surface area contributed by atoms with Crippen molar-refractivity contribution < 1.29 is 30.7 Å². The van der Waals surface area contributed by atoms with Crippen LogP contribution in [0.2, 0.25) is 0 Å². The smallest absolute Gasteiger partial charge is 0.247 e. The van der Waals surface area contributed by atoms with Gasteiger partial charge in [-0.2, -0.15) is 0 Å². The van der Waals surface area contributed by atoms with Gasteiger partial charge in [0.15, 0.2) is 17.5 Å². The van der Waals surface area contributed by atoms with Crippen molar-refractivity contribution in [3.05, 3.63) is 35.1 Å². The minimum absolute atomic E-state index is 0.0182. The maximum atomic E-state index is 15.0. The van der Waals surface area contributed by atoms with Crippen molar-refractivity contribution in [1.82, 2.24) is 0 Å². The Morgan fingerprint density at radius 3 is 2.12 bits per heavy atom. The maximum Gasteiger partial charge on any atom is 0.260 e. The van der Waals surface area contributed by atoms with Crippen LogP contribution < -0.4 is 0 Å². The van der Waals surface area contributed by atoms with Gasteiger partial charge >= 0.3 is 0 Å². The Kier molecular flexibility index (Phi) is 5.28. The van der Waals surface area contributed by atoms with Crippen LogP contribution in [0, 0.1) is 35.2 Å². The number of halogens is 7. The van der Waals surface area contributed by atoms with Crippen LogP contribution >= 0.6 is 0 Å². The summed E-state index contributed by atoms with van der Waals surface area (Å²) in [5, 5.41) is 0. The Morgan fingerprint density at radius 2 is 1.54 bits per heavy atom. The minimum atomic E-state index is -3.66. The van der Waals surface area contributed by atoms with Crippen LogP contribution in [-0.4, -0.2) is 18.3 Å². The molecular formula is C19H21F7. The van der Waals surface area contributed by atoms with Crippen molar-refractivity contribution >= 4 is 0 Å². The fourth-order valence-electron chi connectivity index (χ4n) is 4.81. The number of fused-ring (bicyclic) bond motifs is 1. The van der Waals surface area contributed by atoms with Gasteiger partial charge in [0.2, 0.25) is 0 Å². The van der Waals surface area contributed by atoms with E-state index < -0.39 is 65.5 Å². The second kappa shape index (κ2) is 7.04. The molecule has 146 valence electrons. The molecule has 6 unspecified atom stereocenters. The molecule has 0 heterocycles. The molecule has 0 radical (unpaired) electrons. The average molecular weight is 382 g/mol. The third-order valence-electron chi connectivity index (χ3n) is 5.95. The van der Waals surface area contributed by atoms with Crippen molar-refractivity contribution in [2.45, 2.75) is 63.2 Å². The molecular weight excluding hydrogens is 361 g/mol. The first-order valence-corrected chi connectivity index (χ1v) is 8.97. The Bertz CT molecular complexity index is 636. The monoisotopic (exact) mass is 382 g/mol. The predicted octanol–water partition coefficient (Wildman–Crippen LogP) is 6.35. The van der Waals surface area contributed by atoms with Gasteiger partial charge in [-0.15, -0.1) is 0 Å². The second-order valence-electron chi connectivity index (χ2n) is 7.61. The highest BCUT2D eigenvalue weighted by atomic mass is 19.3. The number of benzene rings is 1. The van der Waals surface area contributed by atoms with E-state index in [-0.39, 0.29) is 18.8 Å². The Hall–Kier alpha value is -1.27. The molecule has 2 aliphatic carbocycles. The zero-order valence-electron chi connectivity index (χ0n) is 14.3. The molecule has 0 spiro atoms. The van der Waals surface area contributed by atoms with Crippen molar-refractivity contribution in [2.24, 2.45) is 17.8 Å². The van der Waals surface area contributed by atoms with E-state index >= 15 is 0 Å². The normalized spacial score (nSPS) is 36.6. The molecule has 0 N–H and O–H groups in total. The molecule has 7 heteroatoms. The minimum Gasteiger partial charge on any atom is -0.247 e. The summed E-state index contributed by atoms with van der Waals surface area (Å²) in [5.41, 5.74) is -0.455. The molecule has 0 nitrogen and oxygen atoms in total. The first kappa shape index (κ1) is 19.5. The lowest BCUT2D eigenvalue weighted by molar-refractivity contribution is -0.0910. The third kappa shape index (κ3) is 3.22. The lowest BCUT2D eigenvalue weighted by atomic mass is 9.86. The fourth-order valence-corrected chi connectivity index (χ4v) is 4.81. The van der Waals surface area contributed by atoms with Gasteiger partial charge in [0.05, 0.1) is 5.92 Å². The van der Waals surface area contributed by atoms with Gasteiger partial charge in [-0.25, -0.2) is 30.7 Å². The lowest BCUT2D eigenvalue weighted by Gasteiger charge is -2.29. The fraction of sp³-hybridized carbons (Fsp3) is 0.684. The highest BCUT2D eigenvalue weighted by Gasteiger charge is 2.63. The number of hydrogen-bond donors (Lipinski definition) is 0. The first-order valence-electron chi connectivity index (χ1n) is 8.97.